The van der Waals surface area contributed by atoms with Gasteiger partial charge in [-0.15, -0.1) is 11.6 Å². The fourth-order valence-electron chi connectivity index (χ4n) is 2.62. The van der Waals surface area contributed by atoms with Crippen LogP contribution in [0.4, 0.5) is 0 Å². The Morgan fingerprint density at radius 1 is 1.14 bits per heavy atom. The van der Waals surface area contributed by atoms with Gasteiger partial charge in [0.2, 0.25) is 5.91 Å². The number of carboxylic acids is 1. The molecule has 0 aliphatic rings. The van der Waals surface area contributed by atoms with Crippen molar-refractivity contribution in [1.82, 2.24) is 5.32 Å². The maximum atomic E-state index is 12.5. The number of hydrogen-bond acceptors (Lipinski definition) is 3. The number of carbonyl (C=O) groups excluding carboxylic acids is 2. The van der Waals surface area contributed by atoms with Crippen molar-refractivity contribution in [3.8, 4) is 0 Å². The van der Waals surface area contributed by atoms with Gasteiger partial charge in [0.1, 0.15) is 11.8 Å². The van der Waals surface area contributed by atoms with Crippen LogP contribution >= 0.6 is 48.8 Å². The number of carbonyl (C=O) groups is 3. The number of halogens is 3. The maximum Gasteiger partial charge on any atom is 0.326 e. The molecule has 28 heavy (non-hydrogen) atoms. The van der Waals surface area contributed by atoms with E-state index in [1.165, 1.54) is 0 Å². The van der Waals surface area contributed by atoms with E-state index in [1.807, 2.05) is 44.2 Å². The number of aliphatic carboxylic acids is 1. The quantitative estimate of drug-likeness (QED) is 0.255. The van der Waals surface area contributed by atoms with Crippen LogP contribution in [0.15, 0.2) is 30.3 Å². The average molecular weight is 711 g/mol. The molecule has 0 bridgehead atoms. The molecule has 0 aliphatic heterocycles. The van der Waals surface area contributed by atoms with Crippen molar-refractivity contribution in [2.75, 3.05) is 5.88 Å². The third-order valence-electron chi connectivity index (χ3n) is 3.94. The Morgan fingerprint density at radius 2 is 1.71 bits per heavy atom. The summed E-state index contributed by atoms with van der Waals surface area (Å²) < 4.78 is 0. The molecule has 9 heteroatoms. The van der Waals surface area contributed by atoms with E-state index in [9.17, 15) is 19.5 Å². The van der Waals surface area contributed by atoms with Gasteiger partial charge >= 0.3 is 5.97 Å². The average Bonchev–Trinajstić information content (AvgIpc) is 2.66. The molecule has 1 rings (SSSR count). The van der Waals surface area contributed by atoms with Crippen LogP contribution in [0.3, 0.4) is 0 Å². The minimum absolute atomic E-state index is 0. The Hall–Kier alpha value is 0.684. The van der Waals surface area contributed by atoms with Crippen LogP contribution in [0, 0.1) is 11.8 Å². The van der Waals surface area contributed by atoms with Gasteiger partial charge in [-0.05, 0) is 30.7 Å². The molecule has 155 valence electrons. The molecule has 0 fully saturated rings. The van der Waals surface area contributed by atoms with Crippen LogP contribution in [0.1, 0.15) is 38.7 Å². The topological polar surface area (TPSA) is 83.5 Å². The Morgan fingerprint density at radius 3 is 2.18 bits per heavy atom. The molecule has 0 saturated carbocycles. The minimum atomic E-state index is -1.06. The van der Waals surface area contributed by atoms with E-state index in [0.29, 0.717) is 19.3 Å². The van der Waals surface area contributed by atoms with Crippen molar-refractivity contribution in [3.05, 3.63) is 35.9 Å². The first-order valence-corrected chi connectivity index (χ1v) is 15.4. The van der Waals surface area contributed by atoms with E-state index >= 15 is 0 Å². The van der Waals surface area contributed by atoms with Gasteiger partial charge in [0, 0.05) is 82.3 Å². The Balaban J connectivity index is 0. The van der Waals surface area contributed by atoms with Crippen molar-refractivity contribution < 1.29 is 52.2 Å². The number of hydrogen-bond donors (Lipinski definition) is 2. The summed E-state index contributed by atoms with van der Waals surface area (Å²) >= 11 is 9.81. The molecule has 0 aliphatic carbocycles. The smallest absolute Gasteiger partial charge is 0.326 e. The molecule has 0 heterocycles. The maximum absolute atomic E-state index is 12.5. The van der Waals surface area contributed by atoms with E-state index in [-0.39, 0.29) is 56.7 Å². The third kappa shape index (κ3) is 13.8. The molecular weight excluding hydrogens is 684 g/mol. The summed E-state index contributed by atoms with van der Waals surface area (Å²) in [5.41, 5.74) is 1.07. The molecule has 0 spiro atoms. The van der Waals surface area contributed by atoms with E-state index in [1.54, 1.807) is 0 Å². The van der Waals surface area contributed by atoms with Crippen LogP contribution < -0.4 is 5.32 Å². The van der Waals surface area contributed by atoms with Crippen LogP contribution in [-0.2, 0) is 53.5 Å². The van der Waals surface area contributed by atoms with Crippen molar-refractivity contribution in [2.24, 2.45) is 11.8 Å². The summed E-state index contributed by atoms with van der Waals surface area (Å²) in [6, 6.07) is 8.70. The summed E-state index contributed by atoms with van der Waals surface area (Å²) in [5.74, 6) is -2.28. The number of amides is 1. The fraction of sp³-hybridized carbons (Fsp3) is 0.526. The molecule has 1 amide bonds. The zero-order chi connectivity index (χ0) is 20.8. The number of carboxylic acid groups (broad SMARTS) is 1. The normalized spacial score (nSPS) is 12.1. The number of ketones is 1. The molecule has 1 radical (unpaired) electrons. The first-order valence-electron chi connectivity index (χ1n) is 8.62. The fourth-order valence-corrected chi connectivity index (χ4v) is 2.73. The second-order valence-corrected chi connectivity index (χ2v) is 6.89. The molecule has 2 atom stereocenters. The Labute approximate surface area is 220 Å². The SMILES string of the molecule is CC(C)C[C@H](NC(=O)[C@H](CCc1ccccc1)CC(=O)CCl)C(=O)O.II.[Y]. The predicted octanol–water partition coefficient (Wildman–Crippen LogP) is 4.82. The van der Waals surface area contributed by atoms with E-state index in [4.69, 9.17) is 11.6 Å². The number of rotatable bonds is 11. The number of nitrogens with one attached hydrogen (secondary N) is 1. The molecule has 0 saturated heterocycles. The Bertz CT molecular complexity index is 591. The van der Waals surface area contributed by atoms with Crippen molar-refractivity contribution in [2.45, 2.75) is 45.6 Å². The van der Waals surface area contributed by atoms with Crippen molar-refractivity contribution in [3.63, 3.8) is 0 Å². The number of benzene rings is 1. The van der Waals surface area contributed by atoms with Gasteiger partial charge in [-0.1, -0.05) is 44.2 Å². The monoisotopic (exact) mass is 710 g/mol. The molecule has 5 nitrogen and oxygen atoms in total. The van der Waals surface area contributed by atoms with Crippen molar-refractivity contribution in [1.29, 1.82) is 0 Å². The zero-order valence-electron chi connectivity index (χ0n) is 16.0. The van der Waals surface area contributed by atoms with Gasteiger partial charge in [0.15, 0.2) is 0 Å². The molecule has 1 aromatic rings. The van der Waals surface area contributed by atoms with Gasteiger partial charge in [-0.25, -0.2) is 4.79 Å². The summed E-state index contributed by atoms with van der Waals surface area (Å²) in [5, 5.41) is 11.9. The Kier molecular flexibility index (Phi) is 20.3. The first kappa shape index (κ1) is 30.9. The third-order valence-corrected chi connectivity index (χ3v) is 4.24. The second-order valence-electron chi connectivity index (χ2n) is 6.63. The van der Waals surface area contributed by atoms with E-state index < -0.39 is 23.8 Å². The summed E-state index contributed by atoms with van der Waals surface area (Å²) in [7, 11) is 0. The zero-order valence-corrected chi connectivity index (χ0v) is 23.9. The van der Waals surface area contributed by atoms with Gasteiger partial charge in [0.05, 0.1) is 5.88 Å². The summed E-state index contributed by atoms with van der Waals surface area (Å²) in [4.78, 5) is 35.6. The van der Waals surface area contributed by atoms with Gasteiger partial charge in [-0.3, -0.25) is 9.59 Å². The standard InChI is InChI=1S/C19H26ClNO4.I2.Y/c1-13(2)10-17(19(24)25)21-18(23)15(11-16(22)12-20)9-8-14-6-4-3-5-7-14;1-2;/h3-7,13,15,17H,8-12H2,1-2H3,(H,21,23)(H,24,25);;/t15-,17+;;/m1../s1. The number of aryl methyl sites for hydroxylation is 1. The van der Waals surface area contributed by atoms with E-state index in [0.717, 1.165) is 5.56 Å². The van der Waals surface area contributed by atoms with Gasteiger partial charge < -0.3 is 10.4 Å². The van der Waals surface area contributed by atoms with Crippen LogP contribution in [0.25, 0.3) is 0 Å². The van der Waals surface area contributed by atoms with Gasteiger partial charge in [-0.2, -0.15) is 0 Å². The van der Waals surface area contributed by atoms with E-state index in [2.05, 4.69) is 42.5 Å². The van der Waals surface area contributed by atoms with Crippen molar-refractivity contribution >= 4 is 66.5 Å². The van der Waals surface area contributed by atoms with Gasteiger partial charge in [0.25, 0.3) is 0 Å². The molecule has 0 unspecified atom stereocenters. The predicted molar refractivity (Wildman–Crippen MR) is 126 cm³/mol. The molecular formula is C19H26ClI2NO4Y. The summed E-state index contributed by atoms with van der Waals surface area (Å²) in [6.07, 6.45) is 1.47. The summed E-state index contributed by atoms with van der Waals surface area (Å²) in [6.45, 7) is 3.79. The van der Waals surface area contributed by atoms with Crippen LogP contribution in [-0.4, -0.2) is 34.7 Å². The van der Waals surface area contributed by atoms with Crippen LogP contribution in [0.2, 0.25) is 0 Å². The van der Waals surface area contributed by atoms with Crippen LogP contribution in [0.5, 0.6) is 0 Å². The molecule has 1 aromatic carbocycles. The largest absolute Gasteiger partial charge is 0.480 e. The second kappa shape index (κ2) is 18.5. The number of alkyl halides is 1. The minimum Gasteiger partial charge on any atom is -0.480 e. The molecule has 2 N–H and O–H groups in total. The number of Topliss-reactive ketones (excluding diaryl/α,β-unsaturated/α-hetero) is 1. The molecule has 0 aromatic heterocycles. The first-order chi connectivity index (χ1) is 12.8.